The van der Waals surface area contributed by atoms with E-state index >= 15 is 0 Å². The third-order valence-electron chi connectivity index (χ3n) is 2.71. The molecule has 2 aromatic rings. The van der Waals surface area contributed by atoms with Crippen LogP contribution in [0.15, 0.2) is 47.4 Å². The van der Waals surface area contributed by atoms with Crippen LogP contribution in [0.1, 0.15) is 0 Å². The standard InChI is InChI=1S/C14H13F2NO3S/c15-10-4-5-13(16)14(8-10)21(18,19)7-6-20-12-3-1-2-11(17)9-12/h1-5,8-9H,6-7,17H2. The normalized spacial score (nSPS) is 11.3. The Labute approximate surface area is 121 Å². The first-order chi connectivity index (χ1) is 9.88. The molecule has 0 amide bonds. The molecule has 0 saturated carbocycles. The summed E-state index contributed by atoms with van der Waals surface area (Å²) >= 11 is 0. The maximum Gasteiger partial charge on any atom is 0.184 e. The van der Waals surface area contributed by atoms with E-state index in [0.717, 1.165) is 12.1 Å². The maximum atomic E-state index is 13.5. The molecule has 0 spiro atoms. The second kappa shape index (κ2) is 6.09. The van der Waals surface area contributed by atoms with Gasteiger partial charge >= 0.3 is 0 Å². The van der Waals surface area contributed by atoms with Crippen LogP contribution >= 0.6 is 0 Å². The minimum atomic E-state index is -3.96. The van der Waals surface area contributed by atoms with Crippen LogP contribution in [0.5, 0.6) is 5.75 Å². The van der Waals surface area contributed by atoms with Crippen molar-refractivity contribution in [1.82, 2.24) is 0 Å². The summed E-state index contributed by atoms with van der Waals surface area (Å²) in [5.74, 6) is -1.86. The molecule has 4 nitrogen and oxygen atoms in total. The van der Waals surface area contributed by atoms with Crippen LogP contribution in [0, 0.1) is 11.6 Å². The van der Waals surface area contributed by atoms with Crippen molar-refractivity contribution in [3.8, 4) is 5.75 Å². The van der Waals surface area contributed by atoms with Crippen molar-refractivity contribution in [2.24, 2.45) is 0 Å². The molecule has 0 aliphatic carbocycles. The van der Waals surface area contributed by atoms with Crippen molar-refractivity contribution >= 4 is 15.5 Å². The Hall–Kier alpha value is -2.15. The molecule has 0 aliphatic heterocycles. The predicted octanol–water partition coefficient (Wildman–Crippen LogP) is 2.40. The number of rotatable bonds is 5. The Morgan fingerprint density at radius 1 is 1.10 bits per heavy atom. The molecule has 2 aromatic carbocycles. The van der Waals surface area contributed by atoms with E-state index in [1.807, 2.05) is 0 Å². The summed E-state index contributed by atoms with van der Waals surface area (Å²) in [6.45, 7) is -0.193. The van der Waals surface area contributed by atoms with Crippen molar-refractivity contribution in [2.75, 3.05) is 18.1 Å². The summed E-state index contributed by atoms with van der Waals surface area (Å²) < 4.78 is 55.6. The molecule has 2 rings (SSSR count). The molecule has 0 fully saturated rings. The lowest BCUT2D eigenvalue weighted by Crippen LogP contribution is -2.15. The first kappa shape index (κ1) is 15.2. The van der Waals surface area contributed by atoms with Gasteiger partial charge in [-0.05, 0) is 30.3 Å². The fourth-order valence-corrected chi connectivity index (χ4v) is 2.88. The fraction of sp³-hybridized carbons (Fsp3) is 0.143. The average molecular weight is 313 g/mol. The first-order valence-electron chi connectivity index (χ1n) is 6.04. The smallest absolute Gasteiger partial charge is 0.184 e. The highest BCUT2D eigenvalue weighted by Gasteiger charge is 2.20. The van der Waals surface area contributed by atoms with E-state index in [1.165, 1.54) is 6.07 Å². The molecule has 2 N–H and O–H groups in total. The van der Waals surface area contributed by atoms with Gasteiger partial charge in [0.05, 0.1) is 5.75 Å². The molecule has 0 atom stereocenters. The largest absolute Gasteiger partial charge is 0.492 e. The molecule has 0 bridgehead atoms. The van der Waals surface area contributed by atoms with Gasteiger partial charge in [0.1, 0.15) is 28.9 Å². The zero-order valence-electron chi connectivity index (χ0n) is 10.9. The second-order valence-corrected chi connectivity index (χ2v) is 6.39. The Kier molecular flexibility index (Phi) is 4.42. The van der Waals surface area contributed by atoms with Crippen molar-refractivity contribution in [3.05, 3.63) is 54.1 Å². The van der Waals surface area contributed by atoms with Crippen molar-refractivity contribution < 1.29 is 21.9 Å². The van der Waals surface area contributed by atoms with Gasteiger partial charge in [-0.15, -0.1) is 0 Å². The van der Waals surface area contributed by atoms with Gasteiger partial charge in [0.2, 0.25) is 0 Å². The third-order valence-corrected chi connectivity index (χ3v) is 4.39. The Bertz CT molecular complexity index is 748. The number of nitrogens with two attached hydrogens (primary N) is 1. The lowest BCUT2D eigenvalue weighted by Gasteiger charge is -2.08. The van der Waals surface area contributed by atoms with Crippen LogP contribution in [0.3, 0.4) is 0 Å². The summed E-state index contributed by atoms with van der Waals surface area (Å²) in [7, 11) is -3.96. The van der Waals surface area contributed by atoms with E-state index in [0.29, 0.717) is 17.5 Å². The highest BCUT2D eigenvalue weighted by molar-refractivity contribution is 7.91. The van der Waals surface area contributed by atoms with Crippen LogP contribution in [-0.4, -0.2) is 20.8 Å². The first-order valence-corrected chi connectivity index (χ1v) is 7.70. The molecule has 0 unspecified atom stereocenters. The monoisotopic (exact) mass is 313 g/mol. The van der Waals surface area contributed by atoms with E-state index < -0.39 is 32.1 Å². The molecule has 0 radical (unpaired) electrons. The summed E-state index contributed by atoms with van der Waals surface area (Å²) in [6.07, 6.45) is 0. The molecule has 7 heteroatoms. The van der Waals surface area contributed by atoms with Crippen LogP contribution in [0.25, 0.3) is 0 Å². The topological polar surface area (TPSA) is 69.4 Å². The van der Waals surface area contributed by atoms with Gasteiger partial charge < -0.3 is 10.5 Å². The summed E-state index contributed by atoms with van der Waals surface area (Å²) in [4.78, 5) is -0.668. The number of halogens is 2. The molecule has 0 heterocycles. The number of sulfone groups is 1. The molecular weight excluding hydrogens is 300 g/mol. The third kappa shape index (κ3) is 3.91. The Balaban J connectivity index is 2.06. The summed E-state index contributed by atoms with van der Waals surface area (Å²) in [6, 6.07) is 8.77. The van der Waals surface area contributed by atoms with Gasteiger partial charge in [-0.1, -0.05) is 6.07 Å². The van der Waals surface area contributed by atoms with Crippen LogP contribution in [0.4, 0.5) is 14.5 Å². The van der Waals surface area contributed by atoms with Gasteiger partial charge in [-0.25, -0.2) is 17.2 Å². The van der Waals surface area contributed by atoms with Gasteiger partial charge in [0.15, 0.2) is 9.84 Å². The van der Waals surface area contributed by atoms with Gasteiger partial charge in [-0.3, -0.25) is 0 Å². The number of hydrogen-bond donors (Lipinski definition) is 1. The molecule has 0 aromatic heterocycles. The highest BCUT2D eigenvalue weighted by atomic mass is 32.2. The van der Waals surface area contributed by atoms with Crippen LogP contribution < -0.4 is 10.5 Å². The average Bonchev–Trinajstić information content (AvgIpc) is 2.41. The number of anilines is 1. The zero-order valence-corrected chi connectivity index (χ0v) is 11.7. The Morgan fingerprint density at radius 3 is 2.57 bits per heavy atom. The quantitative estimate of drug-likeness (QED) is 0.861. The van der Waals surface area contributed by atoms with E-state index in [-0.39, 0.29) is 6.61 Å². The molecule has 0 saturated heterocycles. The van der Waals surface area contributed by atoms with Crippen molar-refractivity contribution in [2.45, 2.75) is 4.90 Å². The van der Waals surface area contributed by atoms with E-state index in [9.17, 15) is 17.2 Å². The molecule has 112 valence electrons. The lowest BCUT2D eigenvalue weighted by atomic mass is 10.3. The van der Waals surface area contributed by atoms with Crippen molar-refractivity contribution in [1.29, 1.82) is 0 Å². The van der Waals surface area contributed by atoms with Crippen LogP contribution in [-0.2, 0) is 9.84 Å². The number of ether oxygens (including phenoxy) is 1. The second-order valence-electron chi connectivity index (χ2n) is 4.31. The van der Waals surface area contributed by atoms with Crippen LogP contribution in [0.2, 0.25) is 0 Å². The fourth-order valence-electron chi connectivity index (χ4n) is 1.70. The number of benzene rings is 2. The van der Waals surface area contributed by atoms with Gasteiger partial charge in [0.25, 0.3) is 0 Å². The molecule has 21 heavy (non-hydrogen) atoms. The predicted molar refractivity (Wildman–Crippen MR) is 74.8 cm³/mol. The maximum absolute atomic E-state index is 13.5. The summed E-state index contributed by atoms with van der Waals surface area (Å²) in [5, 5.41) is 0. The minimum absolute atomic E-state index is 0.193. The van der Waals surface area contributed by atoms with Gasteiger partial charge in [0, 0.05) is 11.8 Å². The van der Waals surface area contributed by atoms with E-state index in [1.54, 1.807) is 18.2 Å². The van der Waals surface area contributed by atoms with E-state index in [4.69, 9.17) is 10.5 Å². The van der Waals surface area contributed by atoms with Crippen molar-refractivity contribution in [3.63, 3.8) is 0 Å². The SMILES string of the molecule is Nc1cccc(OCCS(=O)(=O)c2cc(F)ccc2F)c1. The highest BCUT2D eigenvalue weighted by Crippen LogP contribution is 2.18. The molecular formula is C14H13F2NO3S. The molecule has 0 aliphatic rings. The lowest BCUT2D eigenvalue weighted by molar-refractivity contribution is 0.341. The number of nitrogen functional groups attached to an aromatic ring is 1. The minimum Gasteiger partial charge on any atom is -0.492 e. The van der Waals surface area contributed by atoms with E-state index in [2.05, 4.69) is 0 Å². The van der Waals surface area contributed by atoms with Gasteiger partial charge in [-0.2, -0.15) is 0 Å². The zero-order chi connectivity index (χ0) is 15.5. The number of hydrogen-bond acceptors (Lipinski definition) is 4. The summed E-state index contributed by atoms with van der Waals surface area (Å²) in [5.41, 5.74) is 6.03. The Morgan fingerprint density at radius 2 is 1.86 bits per heavy atom.